The van der Waals surface area contributed by atoms with Gasteiger partial charge >= 0.3 is 0 Å². The summed E-state index contributed by atoms with van der Waals surface area (Å²) in [5, 5.41) is 0. The van der Waals surface area contributed by atoms with Gasteiger partial charge in [-0.3, -0.25) is 5.43 Å². The van der Waals surface area contributed by atoms with E-state index in [1.54, 1.807) is 0 Å². The van der Waals surface area contributed by atoms with Gasteiger partial charge in [0.2, 0.25) is 17.8 Å². The minimum Gasteiger partial charge on any atom is -0.344 e. The third-order valence-electron chi connectivity index (χ3n) is 3.03. The molecule has 0 bridgehead atoms. The smallest absolute Gasteiger partial charge is 0.243 e. The van der Waals surface area contributed by atoms with Crippen LogP contribution in [0.5, 0.6) is 0 Å². The molecule has 7 nitrogen and oxygen atoms in total. The van der Waals surface area contributed by atoms with Crippen LogP contribution >= 0.6 is 0 Å². The summed E-state index contributed by atoms with van der Waals surface area (Å²) >= 11 is 0. The third kappa shape index (κ3) is 2.79. The Morgan fingerprint density at radius 1 is 1.28 bits per heavy atom. The van der Waals surface area contributed by atoms with Gasteiger partial charge in [-0.15, -0.1) is 0 Å². The van der Waals surface area contributed by atoms with Crippen molar-refractivity contribution in [1.82, 2.24) is 15.0 Å². The highest BCUT2D eigenvalue weighted by atomic mass is 15.4. The molecule has 1 aliphatic rings. The quantitative estimate of drug-likeness (QED) is 0.585. The van der Waals surface area contributed by atoms with Gasteiger partial charge in [0.1, 0.15) is 0 Å². The lowest BCUT2D eigenvalue weighted by molar-refractivity contribution is 0.798. The first-order valence-corrected chi connectivity index (χ1v) is 6.43. The molecule has 3 N–H and O–H groups in total. The maximum atomic E-state index is 5.42. The number of rotatable bonds is 5. The van der Waals surface area contributed by atoms with Gasteiger partial charge in [0, 0.05) is 26.7 Å². The van der Waals surface area contributed by atoms with Gasteiger partial charge in [-0.2, -0.15) is 15.0 Å². The van der Waals surface area contributed by atoms with Gasteiger partial charge in [0.05, 0.1) is 0 Å². The number of nitrogens with zero attached hydrogens (tertiary/aromatic N) is 5. The Balaban J connectivity index is 2.26. The van der Waals surface area contributed by atoms with E-state index in [0.717, 1.165) is 26.1 Å². The highest BCUT2D eigenvalue weighted by molar-refractivity contribution is 5.44. The van der Waals surface area contributed by atoms with E-state index in [0.29, 0.717) is 17.8 Å². The number of hydrazine groups is 1. The van der Waals surface area contributed by atoms with E-state index < -0.39 is 0 Å². The molecule has 0 aliphatic carbocycles. The molecule has 2 rings (SSSR count). The van der Waals surface area contributed by atoms with E-state index in [1.807, 2.05) is 11.9 Å². The number of nitrogen functional groups attached to an aromatic ring is 1. The zero-order chi connectivity index (χ0) is 13.0. The average Bonchev–Trinajstić information content (AvgIpc) is 2.92. The number of aromatic nitrogens is 3. The summed E-state index contributed by atoms with van der Waals surface area (Å²) in [6, 6.07) is 0. The number of anilines is 3. The van der Waals surface area contributed by atoms with Crippen LogP contribution in [-0.2, 0) is 0 Å². The summed E-state index contributed by atoms with van der Waals surface area (Å²) in [6.45, 7) is 5.05. The van der Waals surface area contributed by atoms with Crippen molar-refractivity contribution in [2.24, 2.45) is 5.84 Å². The summed E-state index contributed by atoms with van der Waals surface area (Å²) < 4.78 is 0. The molecule has 1 aromatic heterocycles. The Morgan fingerprint density at radius 3 is 2.61 bits per heavy atom. The van der Waals surface area contributed by atoms with Crippen LogP contribution in [0.15, 0.2) is 0 Å². The highest BCUT2D eigenvalue weighted by Gasteiger charge is 2.18. The first-order valence-electron chi connectivity index (χ1n) is 6.43. The van der Waals surface area contributed by atoms with E-state index in [-0.39, 0.29) is 0 Å². The molecule has 1 saturated heterocycles. The van der Waals surface area contributed by atoms with E-state index in [2.05, 4.69) is 32.2 Å². The minimum atomic E-state index is 0.421. The van der Waals surface area contributed by atoms with Gasteiger partial charge in [-0.1, -0.05) is 6.92 Å². The van der Waals surface area contributed by atoms with Crippen molar-refractivity contribution >= 4 is 17.8 Å². The van der Waals surface area contributed by atoms with Crippen molar-refractivity contribution in [3.05, 3.63) is 0 Å². The van der Waals surface area contributed by atoms with Gasteiger partial charge < -0.3 is 9.80 Å². The first-order chi connectivity index (χ1) is 8.74. The Kier molecular flexibility index (Phi) is 4.14. The molecular formula is C11H21N7. The van der Waals surface area contributed by atoms with Crippen molar-refractivity contribution in [3.8, 4) is 0 Å². The predicted molar refractivity (Wildman–Crippen MR) is 72.6 cm³/mol. The van der Waals surface area contributed by atoms with Gasteiger partial charge in [-0.05, 0) is 19.3 Å². The summed E-state index contributed by atoms with van der Waals surface area (Å²) in [4.78, 5) is 17.3. The molecule has 1 aromatic rings. The van der Waals surface area contributed by atoms with Crippen LogP contribution in [0, 0.1) is 0 Å². The lowest BCUT2D eigenvalue weighted by atomic mass is 10.4. The molecule has 0 spiro atoms. The lowest BCUT2D eigenvalue weighted by Crippen LogP contribution is -2.26. The number of hydrogen-bond donors (Lipinski definition) is 2. The second-order valence-electron chi connectivity index (χ2n) is 4.52. The summed E-state index contributed by atoms with van der Waals surface area (Å²) in [6.07, 6.45) is 3.43. The third-order valence-corrected chi connectivity index (χ3v) is 3.03. The molecule has 0 amide bonds. The number of nitrogens with two attached hydrogens (primary N) is 1. The molecule has 0 atom stereocenters. The molecule has 18 heavy (non-hydrogen) atoms. The lowest BCUT2D eigenvalue weighted by Gasteiger charge is -2.20. The van der Waals surface area contributed by atoms with Crippen molar-refractivity contribution in [2.45, 2.75) is 26.2 Å². The van der Waals surface area contributed by atoms with Crippen LogP contribution < -0.4 is 21.1 Å². The molecule has 1 aliphatic heterocycles. The van der Waals surface area contributed by atoms with Crippen molar-refractivity contribution in [3.63, 3.8) is 0 Å². The topological polar surface area (TPSA) is 83.2 Å². The Bertz CT molecular complexity index is 389. The summed E-state index contributed by atoms with van der Waals surface area (Å²) in [5.74, 6) is 7.23. The summed E-state index contributed by atoms with van der Waals surface area (Å²) in [7, 11) is 1.98. The van der Waals surface area contributed by atoms with Crippen LogP contribution in [-0.4, -0.2) is 41.6 Å². The first kappa shape index (κ1) is 12.8. The van der Waals surface area contributed by atoms with E-state index in [4.69, 9.17) is 5.84 Å². The second-order valence-corrected chi connectivity index (χ2v) is 4.52. The maximum absolute atomic E-state index is 5.42. The average molecular weight is 251 g/mol. The van der Waals surface area contributed by atoms with E-state index >= 15 is 0 Å². The fraction of sp³-hybridized carbons (Fsp3) is 0.727. The van der Waals surface area contributed by atoms with Crippen LogP contribution in [0.1, 0.15) is 26.2 Å². The molecule has 0 radical (unpaired) electrons. The molecule has 2 heterocycles. The van der Waals surface area contributed by atoms with Crippen LogP contribution in [0.3, 0.4) is 0 Å². The van der Waals surface area contributed by atoms with Crippen LogP contribution in [0.4, 0.5) is 17.8 Å². The molecule has 0 aromatic carbocycles. The molecule has 0 unspecified atom stereocenters. The molecule has 1 fully saturated rings. The molecule has 7 heteroatoms. The van der Waals surface area contributed by atoms with E-state index in [1.165, 1.54) is 12.8 Å². The Hall–Kier alpha value is -1.63. The Labute approximate surface area is 107 Å². The number of hydrogen-bond acceptors (Lipinski definition) is 7. The zero-order valence-electron chi connectivity index (χ0n) is 11.1. The number of nitrogens with one attached hydrogen (secondary N) is 1. The van der Waals surface area contributed by atoms with E-state index in [9.17, 15) is 0 Å². The largest absolute Gasteiger partial charge is 0.344 e. The van der Waals surface area contributed by atoms with Gasteiger partial charge in [0.15, 0.2) is 0 Å². The van der Waals surface area contributed by atoms with Crippen molar-refractivity contribution in [1.29, 1.82) is 0 Å². The van der Waals surface area contributed by atoms with Crippen molar-refractivity contribution < 1.29 is 0 Å². The van der Waals surface area contributed by atoms with Crippen LogP contribution in [0.25, 0.3) is 0 Å². The van der Waals surface area contributed by atoms with Crippen molar-refractivity contribution in [2.75, 3.05) is 41.9 Å². The summed E-state index contributed by atoms with van der Waals surface area (Å²) in [5.41, 5.74) is 2.51. The second kappa shape index (κ2) is 5.81. The zero-order valence-corrected chi connectivity index (χ0v) is 11.1. The normalized spacial score (nSPS) is 14.9. The minimum absolute atomic E-state index is 0.421. The predicted octanol–water partition coefficient (Wildman–Crippen LogP) is 0.604. The standard InChI is InChI=1S/C11H21N7/c1-3-6-17(2)10-13-9(16-12)14-11(15-10)18-7-4-5-8-18/h3-8,12H2,1-2H3,(H,13,14,15,16). The Morgan fingerprint density at radius 2 is 2.00 bits per heavy atom. The fourth-order valence-corrected chi connectivity index (χ4v) is 2.08. The SMILES string of the molecule is CCCN(C)c1nc(NN)nc(N2CCCC2)n1. The maximum Gasteiger partial charge on any atom is 0.243 e. The fourth-order valence-electron chi connectivity index (χ4n) is 2.08. The highest BCUT2D eigenvalue weighted by Crippen LogP contribution is 2.19. The van der Waals surface area contributed by atoms with Gasteiger partial charge in [-0.25, -0.2) is 5.84 Å². The molecular weight excluding hydrogens is 230 g/mol. The van der Waals surface area contributed by atoms with Gasteiger partial charge in [0.25, 0.3) is 0 Å². The van der Waals surface area contributed by atoms with Crippen LogP contribution in [0.2, 0.25) is 0 Å². The molecule has 100 valence electrons. The molecule has 0 saturated carbocycles. The monoisotopic (exact) mass is 251 g/mol.